The van der Waals surface area contributed by atoms with Gasteiger partial charge in [0.1, 0.15) is 10.8 Å². The van der Waals surface area contributed by atoms with E-state index in [4.69, 9.17) is 21.2 Å². The fourth-order valence-corrected chi connectivity index (χ4v) is 2.95. The van der Waals surface area contributed by atoms with Crippen LogP contribution < -0.4 is 4.74 Å². The summed E-state index contributed by atoms with van der Waals surface area (Å²) in [5.74, 6) is 0.120. The minimum absolute atomic E-state index is 0.390. The Morgan fingerprint density at radius 3 is 2.44 bits per heavy atom. The molecule has 3 rings (SSSR count). The number of aromatic nitrogens is 1. The molecule has 0 saturated heterocycles. The molecular weight excluding hydrogens is 384 g/mol. The maximum Gasteiger partial charge on any atom is 0.365 e. The Morgan fingerprint density at radius 2 is 1.81 bits per heavy atom. The number of hydrogen-bond acceptors (Lipinski definition) is 6. The van der Waals surface area contributed by atoms with Gasteiger partial charge in [-0.2, -0.15) is 0 Å². The fraction of sp³-hybridized carbons (Fsp3) is 0.0500. The average molecular weight is 399 g/mol. The van der Waals surface area contributed by atoms with E-state index in [-0.39, 0.29) is 0 Å². The Bertz CT molecular complexity index is 927. The van der Waals surface area contributed by atoms with Gasteiger partial charge in [-0.1, -0.05) is 28.5 Å². The lowest BCUT2D eigenvalue weighted by Gasteiger charge is -2.02. The largest absolute Gasteiger partial charge is 0.497 e. The number of ether oxygens (including phenoxy) is 1. The minimum atomic E-state index is -0.545. The maximum atomic E-state index is 11.9. The van der Waals surface area contributed by atoms with Gasteiger partial charge >= 0.3 is 5.97 Å². The molecule has 0 aliphatic rings. The fourth-order valence-electron chi connectivity index (χ4n) is 2.07. The summed E-state index contributed by atoms with van der Waals surface area (Å²) in [6.45, 7) is 0. The first-order valence-electron chi connectivity index (χ1n) is 7.92. The number of hydrogen-bond donors (Lipinski definition) is 0. The Kier molecular flexibility index (Phi) is 6.46. The molecule has 0 bridgehead atoms. The van der Waals surface area contributed by atoms with E-state index in [9.17, 15) is 4.79 Å². The number of oxime groups is 1. The van der Waals surface area contributed by atoms with E-state index in [1.54, 1.807) is 37.6 Å². The van der Waals surface area contributed by atoms with Crippen LogP contribution in [-0.2, 0) is 4.84 Å². The average Bonchev–Trinajstić information content (AvgIpc) is 2.71. The van der Waals surface area contributed by atoms with Crippen LogP contribution >= 0.6 is 23.4 Å². The van der Waals surface area contributed by atoms with Crippen molar-refractivity contribution in [1.82, 2.24) is 4.98 Å². The lowest BCUT2D eigenvalue weighted by Crippen LogP contribution is -2.01. The Balaban J connectivity index is 1.55. The second-order valence-electron chi connectivity index (χ2n) is 5.33. The van der Waals surface area contributed by atoms with Crippen LogP contribution in [0.4, 0.5) is 0 Å². The van der Waals surface area contributed by atoms with Gasteiger partial charge in [-0.15, -0.1) is 0 Å². The number of carbonyl (C=O) groups is 1. The third-order valence-electron chi connectivity index (χ3n) is 3.46. The molecule has 136 valence electrons. The van der Waals surface area contributed by atoms with Crippen LogP contribution in [-0.4, -0.2) is 24.3 Å². The summed E-state index contributed by atoms with van der Waals surface area (Å²) in [4.78, 5) is 22.2. The summed E-state index contributed by atoms with van der Waals surface area (Å²) in [5.41, 5.74) is 1.11. The monoisotopic (exact) mass is 398 g/mol. The lowest BCUT2D eigenvalue weighted by atomic mass is 10.2. The summed E-state index contributed by atoms with van der Waals surface area (Å²) in [5, 5.41) is 5.25. The van der Waals surface area contributed by atoms with Crippen molar-refractivity contribution in [2.24, 2.45) is 5.16 Å². The van der Waals surface area contributed by atoms with Gasteiger partial charge in [0.05, 0.1) is 18.9 Å². The smallest absolute Gasteiger partial charge is 0.365 e. The third kappa shape index (κ3) is 5.57. The highest BCUT2D eigenvalue weighted by atomic mass is 35.5. The van der Waals surface area contributed by atoms with Gasteiger partial charge in [-0.05, 0) is 60.7 Å². The zero-order valence-electron chi connectivity index (χ0n) is 14.3. The number of nitrogens with zero attached hydrogens (tertiary/aromatic N) is 2. The molecule has 0 fully saturated rings. The van der Waals surface area contributed by atoms with Gasteiger partial charge in [0.2, 0.25) is 0 Å². The molecule has 3 aromatic rings. The first-order valence-corrected chi connectivity index (χ1v) is 9.12. The minimum Gasteiger partial charge on any atom is -0.497 e. The quantitative estimate of drug-likeness (QED) is 0.329. The normalized spacial score (nSPS) is 10.7. The van der Waals surface area contributed by atoms with Crippen molar-refractivity contribution < 1.29 is 14.4 Å². The predicted octanol–water partition coefficient (Wildman–Crippen LogP) is 5.09. The van der Waals surface area contributed by atoms with Gasteiger partial charge in [0.15, 0.2) is 0 Å². The topological polar surface area (TPSA) is 60.8 Å². The van der Waals surface area contributed by atoms with Crippen LogP contribution in [0.2, 0.25) is 5.02 Å². The molecule has 0 amide bonds. The number of rotatable bonds is 6. The number of pyridine rings is 1. The molecular formula is C20H15ClN2O3S. The van der Waals surface area contributed by atoms with E-state index in [0.717, 1.165) is 15.5 Å². The Labute approximate surface area is 166 Å². The van der Waals surface area contributed by atoms with E-state index in [0.29, 0.717) is 16.3 Å². The second-order valence-corrected chi connectivity index (χ2v) is 6.86. The van der Waals surface area contributed by atoms with Crippen molar-refractivity contribution in [2.45, 2.75) is 9.92 Å². The molecule has 5 nitrogen and oxygen atoms in total. The van der Waals surface area contributed by atoms with Gasteiger partial charge in [0.25, 0.3) is 0 Å². The van der Waals surface area contributed by atoms with Crippen molar-refractivity contribution in [3.05, 3.63) is 83.0 Å². The van der Waals surface area contributed by atoms with Gasteiger partial charge in [-0.25, -0.2) is 9.78 Å². The zero-order chi connectivity index (χ0) is 19.1. The van der Waals surface area contributed by atoms with Gasteiger partial charge in [-0.3, -0.25) is 0 Å². The highest BCUT2D eigenvalue weighted by Crippen LogP contribution is 2.26. The lowest BCUT2D eigenvalue weighted by molar-refractivity contribution is 0.0519. The van der Waals surface area contributed by atoms with Crippen LogP contribution in [0.3, 0.4) is 0 Å². The third-order valence-corrected chi connectivity index (χ3v) is 4.67. The molecule has 2 aromatic carbocycles. The molecule has 7 heteroatoms. The van der Waals surface area contributed by atoms with Crippen molar-refractivity contribution in [3.8, 4) is 5.75 Å². The highest BCUT2D eigenvalue weighted by Gasteiger charge is 2.06. The summed E-state index contributed by atoms with van der Waals surface area (Å²) < 4.78 is 5.04. The molecule has 0 atom stereocenters. The molecule has 0 unspecified atom stereocenters. The SMILES string of the molecule is COc1ccc(C(=O)ON=Cc2ccc(Sc3ccc(Cl)cc3)nc2)cc1. The molecule has 0 radical (unpaired) electrons. The number of methoxy groups -OCH3 is 1. The number of halogens is 1. The molecule has 0 N–H and O–H groups in total. The van der Waals surface area contributed by atoms with Crippen LogP contribution in [0.1, 0.15) is 15.9 Å². The highest BCUT2D eigenvalue weighted by molar-refractivity contribution is 7.99. The zero-order valence-corrected chi connectivity index (χ0v) is 15.9. The summed E-state index contributed by atoms with van der Waals surface area (Å²) in [7, 11) is 1.56. The summed E-state index contributed by atoms with van der Waals surface area (Å²) in [6.07, 6.45) is 3.09. The number of carbonyl (C=O) groups excluding carboxylic acids is 1. The molecule has 1 aromatic heterocycles. The summed E-state index contributed by atoms with van der Waals surface area (Å²) in [6, 6.07) is 17.8. The van der Waals surface area contributed by atoms with E-state index in [1.165, 1.54) is 18.0 Å². The molecule has 27 heavy (non-hydrogen) atoms. The van der Waals surface area contributed by atoms with Gasteiger partial charge in [0, 0.05) is 21.7 Å². The van der Waals surface area contributed by atoms with Crippen LogP contribution in [0.15, 0.2) is 81.9 Å². The first-order chi connectivity index (χ1) is 13.1. The maximum absolute atomic E-state index is 11.9. The van der Waals surface area contributed by atoms with Crippen LogP contribution in [0, 0.1) is 0 Å². The molecule has 1 heterocycles. The molecule has 0 spiro atoms. The van der Waals surface area contributed by atoms with Crippen LogP contribution in [0.25, 0.3) is 0 Å². The summed E-state index contributed by atoms with van der Waals surface area (Å²) >= 11 is 7.40. The number of benzene rings is 2. The van der Waals surface area contributed by atoms with Gasteiger partial charge < -0.3 is 9.57 Å². The van der Waals surface area contributed by atoms with Crippen LogP contribution in [0.5, 0.6) is 5.75 Å². The second kappa shape index (κ2) is 9.21. The molecule has 0 aliphatic heterocycles. The van der Waals surface area contributed by atoms with E-state index >= 15 is 0 Å². The Morgan fingerprint density at radius 1 is 1.07 bits per heavy atom. The van der Waals surface area contributed by atoms with E-state index < -0.39 is 5.97 Å². The van der Waals surface area contributed by atoms with Crippen molar-refractivity contribution in [3.63, 3.8) is 0 Å². The van der Waals surface area contributed by atoms with E-state index in [1.807, 2.05) is 36.4 Å². The standard InChI is InChI=1S/C20H15ClN2O3S/c1-25-17-7-3-15(4-8-17)20(24)26-23-13-14-2-11-19(22-12-14)27-18-9-5-16(21)6-10-18/h2-13H,1H3. The first kappa shape index (κ1) is 18.9. The molecule has 0 saturated carbocycles. The van der Waals surface area contributed by atoms with Crippen molar-refractivity contribution >= 4 is 35.5 Å². The van der Waals surface area contributed by atoms with Crippen molar-refractivity contribution in [1.29, 1.82) is 0 Å². The Hall–Kier alpha value is -2.83. The van der Waals surface area contributed by atoms with Crippen molar-refractivity contribution in [2.75, 3.05) is 7.11 Å². The molecule has 0 aliphatic carbocycles. The van der Waals surface area contributed by atoms with E-state index in [2.05, 4.69) is 10.1 Å². The predicted molar refractivity (Wildman–Crippen MR) is 106 cm³/mol.